The first-order valence-corrected chi connectivity index (χ1v) is 5.40. The number of rotatable bonds is 1. The molecule has 4 nitrogen and oxygen atoms in total. The molecular formula is C12H16N4. The molecule has 0 aliphatic carbocycles. The number of hydrogen-bond acceptors (Lipinski definition) is 4. The van der Waals surface area contributed by atoms with Crippen LogP contribution in [0.25, 0.3) is 11.0 Å². The molecule has 2 aromatic rings. The molecule has 0 saturated carbocycles. The lowest BCUT2D eigenvalue weighted by Gasteiger charge is -2.10. The zero-order valence-corrected chi connectivity index (χ0v) is 10.1. The van der Waals surface area contributed by atoms with Crippen molar-refractivity contribution in [1.29, 1.82) is 0 Å². The van der Waals surface area contributed by atoms with E-state index in [9.17, 15) is 0 Å². The molecule has 2 rings (SSSR count). The normalized spacial score (nSPS) is 11.3. The summed E-state index contributed by atoms with van der Waals surface area (Å²) in [6.07, 6.45) is 0. The molecule has 0 spiro atoms. The van der Waals surface area contributed by atoms with Crippen LogP contribution in [0.2, 0.25) is 0 Å². The summed E-state index contributed by atoms with van der Waals surface area (Å²) in [7, 11) is 0. The molecule has 84 valence electrons. The highest BCUT2D eigenvalue weighted by Crippen LogP contribution is 2.23. The summed E-state index contributed by atoms with van der Waals surface area (Å²) in [5.74, 6) is 1.53. The van der Waals surface area contributed by atoms with Crippen molar-refractivity contribution >= 4 is 16.9 Å². The zero-order chi connectivity index (χ0) is 11.9. The van der Waals surface area contributed by atoms with E-state index in [1.165, 1.54) is 0 Å². The van der Waals surface area contributed by atoms with Gasteiger partial charge in [-0.05, 0) is 31.4 Å². The van der Waals surface area contributed by atoms with Gasteiger partial charge in [0.2, 0.25) is 0 Å². The molecule has 2 aromatic heterocycles. The van der Waals surface area contributed by atoms with Crippen LogP contribution in [0.1, 0.15) is 36.8 Å². The van der Waals surface area contributed by atoms with Crippen molar-refractivity contribution < 1.29 is 0 Å². The number of pyridine rings is 1. The Morgan fingerprint density at radius 1 is 1.06 bits per heavy atom. The minimum Gasteiger partial charge on any atom is -0.382 e. The molecule has 0 saturated heterocycles. The summed E-state index contributed by atoms with van der Waals surface area (Å²) in [4.78, 5) is 13.1. The van der Waals surface area contributed by atoms with Crippen molar-refractivity contribution in [2.75, 3.05) is 5.73 Å². The molecule has 16 heavy (non-hydrogen) atoms. The fourth-order valence-corrected chi connectivity index (χ4v) is 1.72. The average Bonchev–Trinajstić information content (AvgIpc) is 2.19. The van der Waals surface area contributed by atoms with Gasteiger partial charge in [-0.2, -0.15) is 0 Å². The van der Waals surface area contributed by atoms with Gasteiger partial charge in [0.1, 0.15) is 11.3 Å². The van der Waals surface area contributed by atoms with Gasteiger partial charge in [0.05, 0.1) is 5.52 Å². The average molecular weight is 216 g/mol. The van der Waals surface area contributed by atoms with Gasteiger partial charge in [-0.15, -0.1) is 0 Å². The maximum Gasteiger partial charge on any atom is 0.153 e. The van der Waals surface area contributed by atoms with E-state index in [0.717, 1.165) is 16.8 Å². The molecular weight excluding hydrogens is 200 g/mol. The van der Waals surface area contributed by atoms with E-state index in [4.69, 9.17) is 5.73 Å². The monoisotopic (exact) mass is 216 g/mol. The lowest BCUT2D eigenvalue weighted by Crippen LogP contribution is -2.03. The topological polar surface area (TPSA) is 64.7 Å². The number of nitrogens with two attached hydrogens (primary N) is 1. The maximum absolute atomic E-state index is 5.88. The van der Waals surface area contributed by atoms with E-state index in [-0.39, 0.29) is 0 Å². The standard InChI is InChI=1S/C12H16N4/c1-6(2)9-5-7(3)10-11(16-9)12(13)15-8(4)14-10/h5-6H,1-4H3,(H2,13,14,15). The van der Waals surface area contributed by atoms with Gasteiger partial charge in [-0.3, -0.25) is 0 Å². The number of anilines is 1. The number of nitrogen functional groups attached to an aromatic ring is 1. The Balaban J connectivity index is 2.82. The van der Waals surface area contributed by atoms with Crippen molar-refractivity contribution in [3.05, 3.63) is 23.1 Å². The molecule has 4 heteroatoms. The van der Waals surface area contributed by atoms with Crippen LogP contribution < -0.4 is 5.73 Å². The summed E-state index contributed by atoms with van der Waals surface area (Å²) in [5.41, 5.74) is 9.59. The second kappa shape index (κ2) is 3.70. The van der Waals surface area contributed by atoms with Gasteiger partial charge in [0.15, 0.2) is 5.82 Å². The molecule has 0 fully saturated rings. The SMILES string of the molecule is Cc1nc(N)c2nc(C(C)C)cc(C)c2n1. The summed E-state index contributed by atoms with van der Waals surface area (Å²) in [6.45, 7) is 8.09. The highest BCUT2D eigenvalue weighted by molar-refractivity contribution is 5.86. The number of aromatic nitrogens is 3. The van der Waals surface area contributed by atoms with Crippen LogP contribution in [-0.2, 0) is 0 Å². The Bertz CT molecular complexity index is 546. The molecule has 0 bridgehead atoms. The summed E-state index contributed by atoms with van der Waals surface area (Å²) >= 11 is 0. The number of hydrogen-bond donors (Lipinski definition) is 1. The van der Waals surface area contributed by atoms with E-state index in [1.807, 2.05) is 13.8 Å². The van der Waals surface area contributed by atoms with E-state index >= 15 is 0 Å². The summed E-state index contributed by atoms with van der Waals surface area (Å²) in [5, 5.41) is 0. The lowest BCUT2D eigenvalue weighted by molar-refractivity contribution is 0.827. The first kappa shape index (κ1) is 10.8. The lowest BCUT2D eigenvalue weighted by atomic mass is 10.1. The van der Waals surface area contributed by atoms with Crippen LogP contribution in [0.15, 0.2) is 6.07 Å². The molecule has 0 aromatic carbocycles. The van der Waals surface area contributed by atoms with Crippen molar-refractivity contribution in [2.24, 2.45) is 0 Å². The highest BCUT2D eigenvalue weighted by atomic mass is 15.0. The molecule has 2 heterocycles. The molecule has 0 aliphatic heterocycles. The Morgan fingerprint density at radius 2 is 1.75 bits per heavy atom. The summed E-state index contributed by atoms with van der Waals surface area (Å²) in [6, 6.07) is 2.07. The fourth-order valence-electron chi connectivity index (χ4n) is 1.72. The van der Waals surface area contributed by atoms with Gasteiger partial charge < -0.3 is 5.73 Å². The Hall–Kier alpha value is -1.71. The first-order chi connectivity index (χ1) is 7.49. The van der Waals surface area contributed by atoms with Crippen LogP contribution in [0, 0.1) is 13.8 Å². The number of nitrogens with zero attached hydrogens (tertiary/aromatic N) is 3. The zero-order valence-electron chi connectivity index (χ0n) is 10.1. The van der Waals surface area contributed by atoms with Crippen LogP contribution >= 0.6 is 0 Å². The predicted octanol–water partition coefficient (Wildman–Crippen LogP) is 2.35. The second-order valence-corrected chi connectivity index (χ2v) is 4.37. The van der Waals surface area contributed by atoms with E-state index in [1.54, 1.807) is 0 Å². The van der Waals surface area contributed by atoms with Crippen molar-refractivity contribution in [2.45, 2.75) is 33.6 Å². The highest BCUT2D eigenvalue weighted by Gasteiger charge is 2.10. The van der Waals surface area contributed by atoms with E-state index < -0.39 is 0 Å². The third-order valence-electron chi connectivity index (χ3n) is 2.59. The molecule has 0 radical (unpaired) electrons. The van der Waals surface area contributed by atoms with E-state index in [2.05, 4.69) is 34.9 Å². The van der Waals surface area contributed by atoms with Gasteiger partial charge in [0.25, 0.3) is 0 Å². The third kappa shape index (κ3) is 1.71. The second-order valence-electron chi connectivity index (χ2n) is 4.37. The molecule has 0 atom stereocenters. The quantitative estimate of drug-likeness (QED) is 0.794. The van der Waals surface area contributed by atoms with Crippen LogP contribution in [0.3, 0.4) is 0 Å². The third-order valence-corrected chi connectivity index (χ3v) is 2.59. The maximum atomic E-state index is 5.88. The predicted molar refractivity (Wildman–Crippen MR) is 65.3 cm³/mol. The molecule has 0 aliphatic rings. The number of fused-ring (bicyclic) bond motifs is 1. The largest absolute Gasteiger partial charge is 0.382 e. The Labute approximate surface area is 94.9 Å². The van der Waals surface area contributed by atoms with Crippen LogP contribution in [0.4, 0.5) is 5.82 Å². The van der Waals surface area contributed by atoms with Gasteiger partial charge in [-0.1, -0.05) is 13.8 Å². The van der Waals surface area contributed by atoms with Gasteiger partial charge in [0, 0.05) is 5.69 Å². The molecule has 2 N–H and O–H groups in total. The van der Waals surface area contributed by atoms with Crippen molar-refractivity contribution in [3.63, 3.8) is 0 Å². The van der Waals surface area contributed by atoms with Crippen molar-refractivity contribution in [3.8, 4) is 0 Å². The number of aryl methyl sites for hydroxylation is 2. The molecule has 0 unspecified atom stereocenters. The van der Waals surface area contributed by atoms with Gasteiger partial charge >= 0.3 is 0 Å². The fraction of sp³-hybridized carbons (Fsp3) is 0.417. The molecule has 0 amide bonds. The minimum absolute atomic E-state index is 0.379. The minimum atomic E-state index is 0.379. The first-order valence-electron chi connectivity index (χ1n) is 5.40. The van der Waals surface area contributed by atoms with Crippen LogP contribution in [0.5, 0.6) is 0 Å². The smallest absolute Gasteiger partial charge is 0.153 e. The van der Waals surface area contributed by atoms with Gasteiger partial charge in [-0.25, -0.2) is 15.0 Å². The van der Waals surface area contributed by atoms with Crippen LogP contribution in [-0.4, -0.2) is 15.0 Å². The Kier molecular flexibility index (Phi) is 2.50. The van der Waals surface area contributed by atoms with Crippen molar-refractivity contribution in [1.82, 2.24) is 15.0 Å². The summed E-state index contributed by atoms with van der Waals surface area (Å²) < 4.78 is 0. The Morgan fingerprint density at radius 3 is 2.38 bits per heavy atom. The van der Waals surface area contributed by atoms with E-state index in [0.29, 0.717) is 23.1 Å².